The summed E-state index contributed by atoms with van der Waals surface area (Å²) in [6, 6.07) is 7.04. The molecule has 2 bridgehead atoms. The lowest BCUT2D eigenvalue weighted by Crippen LogP contribution is -2.55. The molecule has 0 saturated carbocycles. The molecule has 2 atom stereocenters. The molecule has 2 unspecified atom stereocenters. The van der Waals surface area contributed by atoms with Gasteiger partial charge in [0.2, 0.25) is 0 Å². The van der Waals surface area contributed by atoms with Crippen molar-refractivity contribution in [2.24, 2.45) is 0 Å². The quantitative estimate of drug-likeness (QED) is 0.652. The van der Waals surface area contributed by atoms with Gasteiger partial charge in [0, 0.05) is 50.4 Å². The Morgan fingerprint density at radius 2 is 1.77 bits per heavy atom. The molecule has 142 valence electrons. The molecular weight excluding hydrogens is 332 g/mol. The molecule has 4 rings (SSSR count). The highest BCUT2D eigenvalue weighted by atomic mass is 16.6. The Hall–Kier alpha value is -1.70. The maximum absolute atomic E-state index is 11.4. The number of fused-ring (bicyclic) bond motifs is 2. The number of nitro benzene ring substituents is 1. The Balaban J connectivity index is 1.43. The first-order valence-corrected chi connectivity index (χ1v) is 9.66. The van der Waals surface area contributed by atoms with Crippen LogP contribution in [-0.4, -0.2) is 71.2 Å². The van der Waals surface area contributed by atoms with Crippen LogP contribution in [0.1, 0.15) is 31.2 Å². The van der Waals surface area contributed by atoms with Crippen molar-refractivity contribution in [3.05, 3.63) is 33.9 Å². The summed E-state index contributed by atoms with van der Waals surface area (Å²) in [4.78, 5) is 18.3. The highest BCUT2D eigenvalue weighted by Gasteiger charge is 2.41. The van der Waals surface area contributed by atoms with Crippen LogP contribution in [0.3, 0.4) is 0 Å². The van der Waals surface area contributed by atoms with Crippen LogP contribution < -0.4 is 4.90 Å². The lowest BCUT2D eigenvalue weighted by atomic mass is 9.96. The van der Waals surface area contributed by atoms with Gasteiger partial charge in [-0.15, -0.1) is 0 Å². The third-order valence-corrected chi connectivity index (χ3v) is 6.66. The van der Waals surface area contributed by atoms with Gasteiger partial charge in [0.25, 0.3) is 5.69 Å². The van der Waals surface area contributed by atoms with Gasteiger partial charge in [-0.3, -0.25) is 15.0 Å². The Morgan fingerprint density at radius 3 is 2.35 bits per heavy atom. The highest BCUT2D eigenvalue weighted by Crippen LogP contribution is 2.37. The van der Waals surface area contributed by atoms with E-state index in [1.165, 1.54) is 31.7 Å². The monoisotopic (exact) mass is 360 g/mol. The van der Waals surface area contributed by atoms with Gasteiger partial charge >= 0.3 is 0 Å². The molecule has 0 aliphatic carbocycles. The predicted octanol–water partition coefficient (Wildman–Crippen LogP) is 1.83. The molecule has 1 aromatic carbocycles. The minimum Gasteiger partial charge on any atom is -0.392 e. The van der Waals surface area contributed by atoms with Crippen LogP contribution in [-0.2, 0) is 6.61 Å². The molecule has 3 heterocycles. The smallest absolute Gasteiger partial charge is 0.292 e. The standard InChI is InChI=1S/C19H28N4O3/c1-20-15-3-4-16(20)12-17(11-15)21-6-8-22(9-7-21)19-10-14(13-24)2-5-18(19)23(25)26/h2,5,10,15-17,24H,3-4,6-9,11-13H2,1H3. The Morgan fingerprint density at radius 1 is 1.12 bits per heavy atom. The molecule has 3 aliphatic heterocycles. The fourth-order valence-electron chi connectivity index (χ4n) is 5.08. The number of benzene rings is 1. The van der Waals surface area contributed by atoms with E-state index in [9.17, 15) is 15.2 Å². The number of nitro groups is 1. The van der Waals surface area contributed by atoms with E-state index >= 15 is 0 Å². The van der Waals surface area contributed by atoms with Crippen LogP contribution >= 0.6 is 0 Å². The molecule has 0 spiro atoms. The summed E-state index contributed by atoms with van der Waals surface area (Å²) in [6.07, 6.45) is 5.18. The summed E-state index contributed by atoms with van der Waals surface area (Å²) in [5.41, 5.74) is 1.50. The van der Waals surface area contributed by atoms with Crippen molar-refractivity contribution < 1.29 is 10.0 Å². The molecule has 7 heteroatoms. The van der Waals surface area contributed by atoms with Gasteiger partial charge in [-0.1, -0.05) is 0 Å². The topological polar surface area (TPSA) is 73.1 Å². The highest BCUT2D eigenvalue weighted by molar-refractivity contribution is 5.64. The van der Waals surface area contributed by atoms with Crippen LogP contribution in [0.2, 0.25) is 0 Å². The maximum Gasteiger partial charge on any atom is 0.292 e. The number of hydrogen-bond donors (Lipinski definition) is 1. The van der Waals surface area contributed by atoms with Gasteiger partial charge < -0.3 is 14.9 Å². The van der Waals surface area contributed by atoms with Gasteiger partial charge in [-0.05, 0) is 50.4 Å². The van der Waals surface area contributed by atoms with Gasteiger partial charge in [-0.25, -0.2) is 0 Å². The Kier molecular flexibility index (Phi) is 4.86. The lowest BCUT2D eigenvalue weighted by molar-refractivity contribution is -0.384. The minimum absolute atomic E-state index is 0.0939. The van der Waals surface area contributed by atoms with Gasteiger partial charge in [-0.2, -0.15) is 0 Å². The molecule has 3 aliphatic rings. The van der Waals surface area contributed by atoms with Gasteiger partial charge in [0.05, 0.1) is 11.5 Å². The number of piperidine rings is 1. The second-order valence-electron chi connectivity index (χ2n) is 7.94. The number of rotatable bonds is 4. The molecule has 3 saturated heterocycles. The SMILES string of the molecule is CN1C2CCC1CC(N1CCN(c3cc(CO)ccc3[N+](=O)[O-])CC1)C2. The summed E-state index contributed by atoms with van der Waals surface area (Å²) < 4.78 is 0. The molecule has 26 heavy (non-hydrogen) atoms. The number of anilines is 1. The normalized spacial score (nSPS) is 29.9. The zero-order valence-corrected chi connectivity index (χ0v) is 15.4. The minimum atomic E-state index is -0.322. The first-order valence-electron chi connectivity index (χ1n) is 9.66. The van der Waals surface area contributed by atoms with E-state index in [1.807, 2.05) is 0 Å². The van der Waals surface area contributed by atoms with E-state index in [1.54, 1.807) is 12.1 Å². The van der Waals surface area contributed by atoms with Gasteiger partial charge in [0.15, 0.2) is 0 Å². The third-order valence-electron chi connectivity index (χ3n) is 6.66. The van der Waals surface area contributed by atoms with Crippen molar-refractivity contribution in [1.29, 1.82) is 0 Å². The summed E-state index contributed by atoms with van der Waals surface area (Å²) in [5.74, 6) is 0. The van der Waals surface area contributed by atoms with Gasteiger partial charge in [0.1, 0.15) is 5.69 Å². The van der Waals surface area contributed by atoms with Crippen LogP contribution in [0, 0.1) is 10.1 Å². The fraction of sp³-hybridized carbons (Fsp3) is 0.684. The van der Waals surface area contributed by atoms with E-state index in [2.05, 4.69) is 21.7 Å². The molecule has 0 amide bonds. The molecule has 0 radical (unpaired) electrons. The molecule has 1 aromatic rings. The molecular formula is C19H28N4O3. The third kappa shape index (κ3) is 3.19. The predicted molar refractivity (Wildman–Crippen MR) is 100 cm³/mol. The number of aliphatic hydroxyl groups is 1. The summed E-state index contributed by atoms with van der Waals surface area (Å²) in [6.45, 7) is 3.42. The van der Waals surface area contributed by atoms with Crippen molar-refractivity contribution in [3.8, 4) is 0 Å². The zero-order valence-electron chi connectivity index (χ0n) is 15.4. The van der Waals surface area contributed by atoms with E-state index in [-0.39, 0.29) is 17.2 Å². The number of nitrogens with zero attached hydrogens (tertiary/aromatic N) is 4. The zero-order chi connectivity index (χ0) is 18.3. The summed E-state index contributed by atoms with van der Waals surface area (Å²) in [5, 5.41) is 20.8. The largest absolute Gasteiger partial charge is 0.392 e. The van der Waals surface area contributed by atoms with E-state index in [0.717, 1.165) is 43.8 Å². The van der Waals surface area contributed by atoms with E-state index in [0.29, 0.717) is 11.7 Å². The second kappa shape index (κ2) is 7.13. The van der Waals surface area contributed by atoms with Crippen molar-refractivity contribution >= 4 is 11.4 Å². The Labute approximate surface area is 154 Å². The first kappa shape index (κ1) is 17.7. The number of hydrogen-bond acceptors (Lipinski definition) is 6. The van der Waals surface area contributed by atoms with Crippen molar-refractivity contribution in [2.75, 3.05) is 38.1 Å². The van der Waals surface area contributed by atoms with Crippen molar-refractivity contribution in [3.63, 3.8) is 0 Å². The fourth-order valence-corrected chi connectivity index (χ4v) is 5.08. The van der Waals surface area contributed by atoms with Crippen molar-refractivity contribution in [1.82, 2.24) is 9.80 Å². The van der Waals surface area contributed by atoms with Crippen molar-refractivity contribution in [2.45, 2.75) is 50.4 Å². The average molecular weight is 360 g/mol. The molecule has 0 aromatic heterocycles. The van der Waals surface area contributed by atoms with Crippen LogP contribution in [0.15, 0.2) is 18.2 Å². The second-order valence-corrected chi connectivity index (χ2v) is 7.94. The first-order chi connectivity index (χ1) is 12.6. The molecule has 7 nitrogen and oxygen atoms in total. The van der Waals surface area contributed by atoms with Crippen LogP contribution in [0.25, 0.3) is 0 Å². The summed E-state index contributed by atoms with van der Waals surface area (Å²) >= 11 is 0. The average Bonchev–Trinajstić information content (AvgIpc) is 2.87. The Bertz CT molecular complexity index is 661. The number of aliphatic hydroxyl groups excluding tert-OH is 1. The van der Waals surface area contributed by atoms with E-state index < -0.39 is 0 Å². The maximum atomic E-state index is 11.4. The molecule has 1 N–H and O–H groups in total. The lowest BCUT2D eigenvalue weighted by Gasteiger charge is -2.45. The number of piperazine rings is 1. The summed E-state index contributed by atoms with van der Waals surface area (Å²) in [7, 11) is 2.27. The van der Waals surface area contributed by atoms with Crippen LogP contribution in [0.5, 0.6) is 0 Å². The van der Waals surface area contributed by atoms with E-state index in [4.69, 9.17) is 0 Å². The van der Waals surface area contributed by atoms with Crippen LogP contribution in [0.4, 0.5) is 11.4 Å². The molecule has 3 fully saturated rings.